The predicted octanol–water partition coefficient (Wildman–Crippen LogP) is 8.17. The molecule has 254 valence electrons. The monoisotopic (exact) mass is 714 g/mol. The summed E-state index contributed by atoms with van der Waals surface area (Å²) < 4.78 is 59.4. The lowest BCUT2D eigenvalue weighted by Gasteiger charge is -2.11. The maximum atomic E-state index is 14.9. The SMILES string of the molecule is O=C(O)CNCc1ccccc1C(=O)n1cc(NC(=O)Nc2ccc(OCCc3ccc(SC(F)(F)F)cc3)cc2F)c2cc(Cl)ccc21. The van der Waals surface area contributed by atoms with Gasteiger partial charge in [-0.1, -0.05) is 41.9 Å². The third-order valence-electron chi connectivity index (χ3n) is 7.08. The van der Waals surface area contributed by atoms with Crippen molar-refractivity contribution in [1.29, 1.82) is 0 Å². The maximum absolute atomic E-state index is 14.9. The van der Waals surface area contributed by atoms with Gasteiger partial charge in [-0.3, -0.25) is 14.2 Å². The van der Waals surface area contributed by atoms with Gasteiger partial charge in [-0.05, 0) is 71.4 Å². The van der Waals surface area contributed by atoms with E-state index in [4.69, 9.17) is 21.4 Å². The number of carboxylic acid groups (broad SMARTS) is 1. The van der Waals surface area contributed by atoms with Crippen LogP contribution in [-0.4, -0.2) is 46.2 Å². The van der Waals surface area contributed by atoms with Gasteiger partial charge in [-0.15, -0.1) is 0 Å². The highest BCUT2D eigenvalue weighted by atomic mass is 35.5. The number of rotatable bonds is 12. The Morgan fingerprint density at radius 2 is 1.65 bits per heavy atom. The number of alkyl halides is 3. The maximum Gasteiger partial charge on any atom is 0.446 e. The van der Waals surface area contributed by atoms with Gasteiger partial charge in [0.1, 0.15) is 11.6 Å². The van der Waals surface area contributed by atoms with Gasteiger partial charge in [0.2, 0.25) is 0 Å². The van der Waals surface area contributed by atoms with Crippen molar-refractivity contribution in [3.63, 3.8) is 0 Å². The van der Waals surface area contributed by atoms with E-state index < -0.39 is 29.2 Å². The van der Waals surface area contributed by atoms with E-state index in [2.05, 4.69) is 16.0 Å². The molecule has 0 aliphatic rings. The summed E-state index contributed by atoms with van der Waals surface area (Å²) in [6.07, 6.45) is 1.79. The van der Waals surface area contributed by atoms with E-state index in [1.807, 2.05) is 0 Å². The molecule has 0 radical (unpaired) electrons. The van der Waals surface area contributed by atoms with Gasteiger partial charge in [0.05, 0.1) is 30.0 Å². The fourth-order valence-electron chi connectivity index (χ4n) is 4.89. The number of halogens is 5. The Hall–Kier alpha value is -5.05. The summed E-state index contributed by atoms with van der Waals surface area (Å²) in [5, 5.41) is 17.6. The molecule has 0 spiro atoms. The van der Waals surface area contributed by atoms with Crippen LogP contribution in [0.1, 0.15) is 21.5 Å². The first-order valence-corrected chi connectivity index (χ1v) is 15.8. The molecule has 0 saturated heterocycles. The van der Waals surface area contributed by atoms with Crippen molar-refractivity contribution in [2.75, 3.05) is 23.8 Å². The Bertz CT molecular complexity index is 2000. The summed E-state index contributed by atoms with van der Waals surface area (Å²) in [4.78, 5) is 37.7. The molecule has 1 heterocycles. The van der Waals surface area contributed by atoms with Crippen molar-refractivity contribution < 1.29 is 41.8 Å². The van der Waals surface area contributed by atoms with Crippen LogP contribution in [0.15, 0.2) is 96.0 Å². The van der Waals surface area contributed by atoms with Crippen molar-refractivity contribution in [3.05, 3.63) is 119 Å². The zero-order chi connectivity index (χ0) is 35.1. The van der Waals surface area contributed by atoms with Crippen LogP contribution in [0, 0.1) is 5.82 Å². The van der Waals surface area contributed by atoms with E-state index in [0.717, 1.165) is 11.6 Å². The summed E-state index contributed by atoms with van der Waals surface area (Å²) in [6, 6.07) is 20.4. The molecule has 49 heavy (non-hydrogen) atoms. The Morgan fingerprint density at radius 3 is 2.37 bits per heavy atom. The minimum absolute atomic E-state index is 0.0691. The molecule has 5 rings (SSSR count). The summed E-state index contributed by atoms with van der Waals surface area (Å²) in [5.74, 6) is -2.08. The molecule has 4 N–H and O–H groups in total. The second-order valence-electron chi connectivity index (χ2n) is 10.5. The van der Waals surface area contributed by atoms with Crippen LogP contribution in [-0.2, 0) is 17.8 Å². The number of nitrogens with one attached hydrogen (secondary N) is 3. The lowest BCUT2D eigenvalue weighted by Crippen LogP contribution is -2.23. The van der Waals surface area contributed by atoms with Crippen molar-refractivity contribution in [2.24, 2.45) is 0 Å². The number of thioether (sulfide) groups is 1. The van der Waals surface area contributed by atoms with Crippen molar-refractivity contribution in [2.45, 2.75) is 23.4 Å². The van der Waals surface area contributed by atoms with Crippen LogP contribution in [0.25, 0.3) is 10.9 Å². The number of hydrogen-bond acceptors (Lipinski definition) is 6. The first kappa shape index (κ1) is 35.3. The normalized spacial score (nSPS) is 11.4. The largest absolute Gasteiger partial charge is 0.493 e. The summed E-state index contributed by atoms with van der Waals surface area (Å²) in [5.41, 5.74) is -2.25. The molecule has 0 fully saturated rings. The van der Waals surface area contributed by atoms with Crippen molar-refractivity contribution in [1.82, 2.24) is 9.88 Å². The number of ether oxygens (including phenoxy) is 1. The number of aliphatic carboxylic acids is 1. The minimum Gasteiger partial charge on any atom is -0.493 e. The molecule has 2 amide bonds. The van der Waals surface area contributed by atoms with E-state index in [-0.39, 0.29) is 53.5 Å². The number of benzene rings is 4. The zero-order valence-corrected chi connectivity index (χ0v) is 26.9. The lowest BCUT2D eigenvalue weighted by atomic mass is 10.1. The summed E-state index contributed by atoms with van der Waals surface area (Å²) in [7, 11) is 0. The molecular formula is C34H27ClF4N4O5S. The lowest BCUT2D eigenvalue weighted by molar-refractivity contribution is -0.136. The fraction of sp³-hybridized carbons (Fsp3) is 0.147. The number of amides is 2. The number of urea groups is 1. The van der Waals surface area contributed by atoms with Crippen LogP contribution in [0.3, 0.4) is 0 Å². The number of carbonyl (C=O) groups is 3. The van der Waals surface area contributed by atoms with Gasteiger partial charge < -0.3 is 25.8 Å². The number of fused-ring (bicyclic) bond motifs is 1. The Kier molecular flexibility index (Phi) is 11.1. The predicted molar refractivity (Wildman–Crippen MR) is 179 cm³/mol. The van der Waals surface area contributed by atoms with Crippen LogP contribution >= 0.6 is 23.4 Å². The Labute approximate surface area is 286 Å². The third kappa shape index (κ3) is 9.53. The fourth-order valence-corrected chi connectivity index (χ4v) is 5.61. The van der Waals surface area contributed by atoms with Crippen molar-refractivity contribution >= 4 is 63.5 Å². The molecule has 1 aromatic heterocycles. The van der Waals surface area contributed by atoms with E-state index in [0.29, 0.717) is 33.5 Å². The first-order chi connectivity index (χ1) is 23.4. The van der Waals surface area contributed by atoms with E-state index in [1.54, 1.807) is 54.6 Å². The van der Waals surface area contributed by atoms with Gasteiger partial charge >= 0.3 is 17.5 Å². The standard InChI is InChI=1S/C34H27ClF4N4O5S/c35-22-7-12-30-26(15-22)29(19-43(30)32(46)25-4-2-1-3-21(25)17-40-18-31(44)45)42-33(47)41-28-11-8-23(16-27(28)36)48-14-13-20-5-9-24(10-6-20)49-34(37,38)39/h1-12,15-16,19,40H,13-14,17-18H2,(H,44,45)(H2,41,42,47). The van der Waals surface area contributed by atoms with Gasteiger partial charge in [-0.2, -0.15) is 13.2 Å². The highest BCUT2D eigenvalue weighted by Gasteiger charge is 2.29. The smallest absolute Gasteiger partial charge is 0.446 e. The number of anilines is 2. The molecule has 15 heteroatoms. The number of nitrogens with zero attached hydrogens (tertiary/aromatic N) is 1. The molecule has 0 aliphatic heterocycles. The van der Waals surface area contributed by atoms with E-state index >= 15 is 0 Å². The third-order valence-corrected chi connectivity index (χ3v) is 8.05. The number of aromatic nitrogens is 1. The van der Waals surface area contributed by atoms with Crippen molar-refractivity contribution in [3.8, 4) is 5.75 Å². The van der Waals surface area contributed by atoms with Crippen LogP contribution in [0.5, 0.6) is 5.75 Å². The van der Waals surface area contributed by atoms with E-state index in [1.165, 1.54) is 35.0 Å². The molecule has 9 nitrogen and oxygen atoms in total. The minimum atomic E-state index is -4.37. The Balaban J connectivity index is 1.24. The average Bonchev–Trinajstić information content (AvgIpc) is 3.39. The highest BCUT2D eigenvalue weighted by Crippen LogP contribution is 2.37. The molecule has 0 unspecified atom stereocenters. The first-order valence-electron chi connectivity index (χ1n) is 14.6. The zero-order valence-electron chi connectivity index (χ0n) is 25.3. The molecule has 5 aromatic rings. The van der Waals surface area contributed by atoms with Crippen LogP contribution in [0.4, 0.5) is 33.7 Å². The number of carbonyl (C=O) groups excluding carboxylic acids is 2. The molecule has 0 bridgehead atoms. The highest BCUT2D eigenvalue weighted by molar-refractivity contribution is 8.00. The molecular weight excluding hydrogens is 688 g/mol. The van der Waals surface area contributed by atoms with E-state index in [9.17, 15) is 31.9 Å². The Morgan fingerprint density at radius 1 is 0.918 bits per heavy atom. The molecule has 4 aromatic carbocycles. The average molecular weight is 715 g/mol. The second-order valence-corrected chi connectivity index (χ2v) is 12.1. The molecule has 0 saturated carbocycles. The quantitative estimate of drug-likeness (QED) is 0.0760. The van der Waals surface area contributed by atoms with Gasteiger partial charge in [0.15, 0.2) is 0 Å². The van der Waals surface area contributed by atoms with Crippen LogP contribution < -0.4 is 20.7 Å². The number of hydrogen-bond donors (Lipinski definition) is 4. The van der Waals surface area contributed by atoms with Gasteiger partial charge in [-0.25, -0.2) is 9.18 Å². The van der Waals surface area contributed by atoms with Crippen LogP contribution in [0.2, 0.25) is 5.02 Å². The molecule has 0 aliphatic carbocycles. The van der Waals surface area contributed by atoms with Gasteiger partial charge in [0, 0.05) is 46.1 Å². The number of carboxylic acids is 1. The second kappa shape index (κ2) is 15.4. The topological polar surface area (TPSA) is 122 Å². The molecule has 0 atom stereocenters. The summed E-state index contributed by atoms with van der Waals surface area (Å²) in [6.45, 7) is -0.0304. The summed E-state index contributed by atoms with van der Waals surface area (Å²) >= 11 is 6.03. The van der Waals surface area contributed by atoms with Gasteiger partial charge in [0.25, 0.3) is 5.91 Å².